The van der Waals surface area contributed by atoms with E-state index in [4.69, 9.17) is 14.8 Å². The molecule has 1 saturated carbocycles. The van der Waals surface area contributed by atoms with Crippen LogP contribution in [0.25, 0.3) is 16.9 Å². The maximum atomic E-state index is 13.3. The van der Waals surface area contributed by atoms with Crippen LogP contribution < -0.4 is 20.5 Å². The maximum absolute atomic E-state index is 13.3. The molecule has 8 nitrogen and oxygen atoms in total. The van der Waals surface area contributed by atoms with Crippen molar-refractivity contribution < 1.29 is 4.74 Å². The van der Waals surface area contributed by atoms with Gasteiger partial charge in [-0.3, -0.25) is 4.79 Å². The van der Waals surface area contributed by atoms with E-state index in [1.165, 1.54) is 19.3 Å². The number of hydrogen-bond acceptors (Lipinski definition) is 6. The highest BCUT2D eigenvalue weighted by atomic mass is 16.5. The van der Waals surface area contributed by atoms with Gasteiger partial charge in [-0.15, -0.1) is 5.10 Å². The second-order valence-corrected chi connectivity index (χ2v) is 9.15. The molecule has 1 aromatic carbocycles. The van der Waals surface area contributed by atoms with Gasteiger partial charge in [-0.1, -0.05) is 19.3 Å². The van der Waals surface area contributed by atoms with Gasteiger partial charge in [0.2, 0.25) is 0 Å². The van der Waals surface area contributed by atoms with Crippen LogP contribution in [0, 0.1) is 6.92 Å². The van der Waals surface area contributed by atoms with Gasteiger partial charge in [0.05, 0.1) is 17.9 Å². The Kier molecular flexibility index (Phi) is 6.35. The summed E-state index contributed by atoms with van der Waals surface area (Å²) in [6.45, 7) is 8.44. The molecule has 2 aromatic heterocycles. The van der Waals surface area contributed by atoms with Crippen molar-refractivity contribution in [2.75, 3.05) is 37.7 Å². The van der Waals surface area contributed by atoms with Crippen molar-refractivity contribution in [2.45, 2.75) is 58.3 Å². The number of ether oxygens (including phenoxy) is 1. The lowest BCUT2D eigenvalue weighted by atomic mass is 9.87. The minimum Gasteiger partial charge on any atom is -0.493 e. The molecule has 3 aromatic rings. The number of fused-ring (bicyclic) bond motifs is 1. The van der Waals surface area contributed by atoms with Gasteiger partial charge in [0.15, 0.2) is 11.3 Å². The first kappa shape index (κ1) is 21.9. The van der Waals surface area contributed by atoms with E-state index < -0.39 is 0 Å². The van der Waals surface area contributed by atoms with Crippen LogP contribution in [0.5, 0.6) is 5.75 Å². The highest BCUT2D eigenvalue weighted by Crippen LogP contribution is 2.35. The third kappa shape index (κ3) is 4.36. The normalized spacial score (nSPS) is 17.9. The Balaban J connectivity index is 1.55. The van der Waals surface area contributed by atoms with Gasteiger partial charge >= 0.3 is 0 Å². The van der Waals surface area contributed by atoms with Gasteiger partial charge in [0.25, 0.3) is 5.56 Å². The van der Waals surface area contributed by atoms with Crippen LogP contribution in [0.3, 0.4) is 0 Å². The molecule has 8 heteroatoms. The molecule has 1 aliphatic heterocycles. The zero-order chi connectivity index (χ0) is 22.8. The van der Waals surface area contributed by atoms with Crippen LogP contribution in [0.15, 0.2) is 23.0 Å². The summed E-state index contributed by atoms with van der Waals surface area (Å²) in [5.41, 5.74) is 3.29. The minimum atomic E-state index is -0.133. The Morgan fingerprint density at radius 3 is 2.79 bits per heavy atom. The number of rotatable bonds is 5. The molecule has 0 atom stereocenters. The fourth-order valence-electron chi connectivity index (χ4n) is 5.24. The lowest BCUT2D eigenvalue weighted by Gasteiger charge is -2.23. The van der Waals surface area contributed by atoms with Crippen LogP contribution in [0.1, 0.15) is 62.9 Å². The summed E-state index contributed by atoms with van der Waals surface area (Å²) < 4.78 is 7.73. The zero-order valence-corrected chi connectivity index (χ0v) is 19.7. The Hall–Kier alpha value is -2.87. The molecule has 0 bridgehead atoms. The molecule has 2 aliphatic rings. The Morgan fingerprint density at radius 2 is 1.97 bits per heavy atom. The number of hydrogen-bond donors (Lipinski definition) is 2. The average molecular weight is 451 g/mol. The molecule has 33 heavy (non-hydrogen) atoms. The number of benzene rings is 1. The molecule has 1 saturated heterocycles. The average Bonchev–Trinajstić information content (AvgIpc) is 3.00. The Labute approximate surface area is 194 Å². The van der Waals surface area contributed by atoms with Crippen LogP contribution in [-0.4, -0.2) is 52.4 Å². The number of nitrogens with one attached hydrogen (secondary N) is 2. The molecule has 176 valence electrons. The van der Waals surface area contributed by atoms with Crippen molar-refractivity contribution in [1.82, 2.24) is 24.9 Å². The van der Waals surface area contributed by atoms with Crippen molar-refractivity contribution in [3.8, 4) is 17.1 Å². The maximum Gasteiger partial charge on any atom is 0.277 e. The molecule has 3 heterocycles. The standard InChI is InChI=1S/C25H34N6O2/c1-3-33-21-16-19(30-14-7-12-26-13-15-30)10-11-20(21)24-28-25(32)23-22(18-8-5-4-6-9-18)27-17(2)31(23)29-24/h10-11,16,18,26H,3-9,12-15H2,1-2H3,(H,28,29,32). The number of anilines is 1. The smallest absolute Gasteiger partial charge is 0.277 e. The van der Waals surface area contributed by atoms with E-state index in [9.17, 15) is 4.79 Å². The zero-order valence-electron chi connectivity index (χ0n) is 19.7. The summed E-state index contributed by atoms with van der Waals surface area (Å²) in [6, 6.07) is 6.18. The molecule has 2 N–H and O–H groups in total. The summed E-state index contributed by atoms with van der Waals surface area (Å²) in [5.74, 6) is 2.35. The largest absolute Gasteiger partial charge is 0.493 e. The molecule has 5 rings (SSSR count). The van der Waals surface area contributed by atoms with E-state index >= 15 is 0 Å². The summed E-state index contributed by atoms with van der Waals surface area (Å²) in [4.78, 5) is 23.5. The van der Waals surface area contributed by atoms with Crippen LogP contribution in [-0.2, 0) is 0 Å². The monoisotopic (exact) mass is 450 g/mol. The van der Waals surface area contributed by atoms with E-state index in [-0.39, 0.29) is 5.56 Å². The van der Waals surface area contributed by atoms with Gasteiger partial charge in [-0.05, 0) is 51.8 Å². The van der Waals surface area contributed by atoms with Gasteiger partial charge in [0, 0.05) is 37.3 Å². The predicted molar refractivity (Wildman–Crippen MR) is 130 cm³/mol. The number of nitrogens with zero attached hydrogens (tertiary/aromatic N) is 4. The SMILES string of the molecule is CCOc1cc(N2CCCNCC2)ccc1-c1nn2c(C)nc(C3CCCCC3)c2c(=O)[nH]1. The molecule has 0 spiro atoms. The minimum absolute atomic E-state index is 0.133. The van der Waals surface area contributed by atoms with Crippen molar-refractivity contribution in [3.63, 3.8) is 0 Å². The topological polar surface area (TPSA) is 87.5 Å². The molecule has 1 aliphatic carbocycles. The number of aryl methyl sites for hydroxylation is 1. The third-order valence-electron chi connectivity index (χ3n) is 6.91. The molecular weight excluding hydrogens is 416 g/mol. The van der Waals surface area contributed by atoms with E-state index in [2.05, 4.69) is 27.3 Å². The molecule has 0 amide bonds. The first-order valence-corrected chi connectivity index (χ1v) is 12.4. The third-order valence-corrected chi connectivity index (χ3v) is 6.91. The fraction of sp³-hybridized carbons (Fsp3) is 0.560. The predicted octanol–water partition coefficient (Wildman–Crippen LogP) is 3.64. The summed E-state index contributed by atoms with van der Waals surface area (Å²) in [6.07, 6.45) is 6.96. The van der Waals surface area contributed by atoms with Crippen molar-refractivity contribution in [1.29, 1.82) is 0 Å². The number of H-pyrrole nitrogens is 1. The van der Waals surface area contributed by atoms with Crippen molar-refractivity contribution >= 4 is 11.2 Å². The fourth-order valence-corrected chi connectivity index (χ4v) is 5.24. The lowest BCUT2D eigenvalue weighted by Crippen LogP contribution is -2.27. The highest BCUT2D eigenvalue weighted by molar-refractivity contribution is 5.70. The quantitative estimate of drug-likeness (QED) is 0.617. The molecular formula is C25H34N6O2. The molecule has 2 fully saturated rings. The number of aromatic amines is 1. The van der Waals surface area contributed by atoms with Gasteiger partial charge < -0.3 is 19.9 Å². The molecule has 0 radical (unpaired) electrons. The van der Waals surface area contributed by atoms with Crippen LogP contribution in [0.2, 0.25) is 0 Å². The highest BCUT2D eigenvalue weighted by Gasteiger charge is 2.25. The van der Waals surface area contributed by atoms with Gasteiger partial charge in [0.1, 0.15) is 11.6 Å². The summed E-state index contributed by atoms with van der Waals surface area (Å²) >= 11 is 0. The van der Waals surface area contributed by atoms with E-state index in [1.54, 1.807) is 4.52 Å². The van der Waals surface area contributed by atoms with E-state index in [1.807, 2.05) is 19.9 Å². The van der Waals surface area contributed by atoms with E-state index in [0.29, 0.717) is 23.9 Å². The lowest BCUT2D eigenvalue weighted by molar-refractivity contribution is 0.341. The van der Waals surface area contributed by atoms with Gasteiger partial charge in [-0.25, -0.2) is 9.50 Å². The van der Waals surface area contributed by atoms with Crippen LogP contribution >= 0.6 is 0 Å². The van der Waals surface area contributed by atoms with Gasteiger partial charge in [-0.2, -0.15) is 0 Å². The van der Waals surface area contributed by atoms with Crippen molar-refractivity contribution in [3.05, 3.63) is 40.1 Å². The van der Waals surface area contributed by atoms with Crippen molar-refractivity contribution in [2.24, 2.45) is 0 Å². The first-order chi connectivity index (χ1) is 16.2. The summed E-state index contributed by atoms with van der Waals surface area (Å²) in [7, 11) is 0. The van der Waals surface area contributed by atoms with Crippen LogP contribution in [0.4, 0.5) is 5.69 Å². The number of imidazole rings is 1. The molecule has 0 unspecified atom stereocenters. The Morgan fingerprint density at radius 1 is 1.12 bits per heavy atom. The second kappa shape index (κ2) is 9.55. The first-order valence-electron chi connectivity index (χ1n) is 12.4. The summed E-state index contributed by atoms with van der Waals surface area (Å²) in [5, 5.41) is 8.26. The van der Waals surface area contributed by atoms with E-state index in [0.717, 1.165) is 74.0 Å². The Bertz CT molecular complexity index is 1170. The second-order valence-electron chi connectivity index (χ2n) is 9.15. The number of aromatic nitrogens is 4.